The predicted molar refractivity (Wildman–Crippen MR) is 481 cm³/mol. The maximum Gasteiger partial charge on any atom is 2.00 e. The summed E-state index contributed by atoms with van der Waals surface area (Å²) in [6, 6.07) is 13.3. The number of hydrogen-bond donors (Lipinski definition) is 0. The van der Waals surface area contributed by atoms with Crippen molar-refractivity contribution < 1.29 is 25.9 Å². The second kappa shape index (κ2) is 88.3. The van der Waals surface area contributed by atoms with Crippen molar-refractivity contribution >= 4 is 58.0 Å². The van der Waals surface area contributed by atoms with Gasteiger partial charge < -0.3 is 9.11 Å². The van der Waals surface area contributed by atoms with Crippen LogP contribution in [0.15, 0.2) is 58.3 Å². The van der Waals surface area contributed by atoms with Gasteiger partial charge in [0, 0.05) is 0 Å². The molecule has 0 atom stereocenters. The summed E-state index contributed by atoms with van der Waals surface area (Å²) in [6.45, 7) is 4.61. The fraction of sp³-hybridized carbons (Fsp3) is 0.880. The van der Waals surface area contributed by atoms with Crippen LogP contribution in [0.25, 0.3) is 0 Å². The Morgan fingerprint density at radius 1 is 0.174 bits per heavy atom. The molecule has 0 aliphatic rings. The van der Waals surface area contributed by atoms with Crippen molar-refractivity contribution in [3.63, 3.8) is 0 Å². The molecule has 109 heavy (non-hydrogen) atoms. The third-order valence-corrected chi connectivity index (χ3v) is 26.0. The van der Waals surface area contributed by atoms with Crippen molar-refractivity contribution in [1.29, 1.82) is 0 Å². The molecule has 2 aromatic rings. The van der Waals surface area contributed by atoms with E-state index in [2.05, 4.69) is 13.8 Å². The smallest absolute Gasteiger partial charge is 0.744 e. The summed E-state index contributed by atoms with van der Waals surface area (Å²) in [6.07, 6.45) is 121. The van der Waals surface area contributed by atoms with Gasteiger partial charge in [-0.15, -0.1) is 0 Å². The van der Waals surface area contributed by atoms with Crippen molar-refractivity contribution in [2.75, 3.05) is 0 Å². The van der Waals surface area contributed by atoms with Crippen LogP contribution < -0.4 is 0 Å². The van der Waals surface area contributed by atoms with Gasteiger partial charge >= 0.3 is 37.7 Å². The second-order valence-electron chi connectivity index (χ2n) is 34.6. The Morgan fingerprint density at radius 2 is 0.275 bits per heavy atom. The number of rotatable bonds is 88. The second-order valence-corrected chi connectivity index (χ2v) is 37.3. The quantitative estimate of drug-likeness (QED) is 0.0370. The molecule has 0 saturated heterocycles. The van der Waals surface area contributed by atoms with E-state index < -0.39 is 20.2 Å². The topological polar surface area (TPSA) is 114 Å². The molecular formula is C100H186CaO6S2. The summed E-state index contributed by atoms with van der Waals surface area (Å²) in [5.74, 6) is 0. The predicted octanol–water partition coefficient (Wildman–Crippen LogP) is 34.7. The van der Waals surface area contributed by atoms with Crippen LogP contribution in [0.1, 0.15) is 564 Å². The van der Waals surface area contributed by atoms with Crippen LogP contribution >= 0.6 is 0 Å². The first-order chi connectivity index (χ1) is 53.1. The van der Waals surface area contributed by atoms with Gasteiger partial charge in [-0.1, -0.05) is 577 Å². The molecule has 0 N–H and O–H groups in total. The Balaban J connectivity index is 0.00000212. The minimum Gasteiger partial charge on any atom is -0.744 e. The van der Waals surface area contributed by atoms with Gasteiger partial charge in [-0.05, 0) is 48.9 Å². The summed E-state index contributed by atoms with van der Waals surface area (Å²) >= 11 is 0. The molecule has 0 radical (unpaired) electrons. The fourth-order valence-electron chi connectivity index (χ4n) is 16.8. The normalized spacial score (nSPS) is 11.8. The van der Waals surface area contributed by atoms with Crippen LogP contribution in [0.3, 0.4) is 0 Å². The van der Waals surface area contributed by atoms with E-state index in [1.54, 1.807) is 24.3 Å². The van der Waals surface area contributed by atoms with E-state index in [4.69, 9.17) is 0 Å². The van der Waals surface area contributed by atoms with Gasteiger partial charge in [-0.2, -0.15) is 0 Å². The zero-order valence-corrected chi connectivity index (χ0v) is 77.2. The summed E-state index contributed by atoms with van der Waals surface area (Å²) in [4.78, 5) is -0.0797. The number of benzene rings is 2. The molecule has 0 aliphatic carbocycles. The molecule has 0 aromatic heterocycles. The molecule has 0 aliphatic heterocycles. The maximum absolute atomic E-state index is 11.4. The first kappa shape index (κ1) is 109. The Kier molecular flexibility index (Phi) is 87.9. The first-order valence-electron chi connectivity index (χ1n) is 49.2. The summed E-state index contributed by atoms with van der Waals surface area (Å²) in [5.41, 5.74) is 1.35. The van der Waals surface area contributed by atoms with E-state index in [-0.39, 0.29) is 47.5 Å². The molecule has 0 amide bonds. The molecule has 9 heteroatoms. The maximum atomic E-state index is 11.4. The molecule has 0 saturated carbocycles. The van der Waals surface area contributed by atoms with E-state index in [9.17, 15) is 25.9 Å². The zero-order valence-electron chi connectivity index (χ0n) is 73.4. The molecule has 2 rings (SSSR count). The van der Waals surface area contributed by atoms with Gasteiger partial charge in [0.1, 0.15) is 20.2 Å². The van der Waals surface area contributed by atoms with Crippen LogP contribution in [0, 0.1) is 0 Å². The molecular weight excluding hydrogens is 1400 g/mol. The Bertz CT molecular complexity index is 2150. The van der Waals surface area contributed by atoms with Crippen LogP contribution in [-0.4, -0.2) is 63.7 Å². The summed E-state index contributed by atoms with van der Waals surface area (Å²) in [7, 11) is -8.74. The minimum absolute atomic E-state index is 0. The van der Waals surface area contributed by atoms with Crippen molar-refractivity contribution in [2.45, 2.75) is 576 Å². The molecule has 0 bridgehead atoms. The Morgan fingerprint density at radius 3 is 0.385 bits per heavy atom. The molecule has 636 valence electrons. The number of aryl methyl sites for hydroxylation is 2. The SMILES string of the molecule is CCCCCCCCCCCCCCCCCCCCCCCCCCCCCCCCCCCCCCCCCCCCc1ccccc1S(=O)(=O)[O-].CCCCCCCCCCCCCCCCCCCCCCCCCCCCCCCCCCCCCCCCCCCCc1ccccc1S(=O)(=O)[O-].[Ca+2]. The molecule has 0 spiro atoms. The van der Waals surface area contributed by atoms with Gasteiger partial charge in [0.05, 0.1) is 9.79 Å². The standard InChI is InChI=1S/2C50H94O3S.Ca/c2*1-2-3-4-5-6-7-8-9-10-11-12-13-14-15-16-17-18-19-20-21-22-23-24-25-26-27-28-29-30-31-32-33-34-35-36-37-38-39-40-41-42-43-46-49-47-44-45-48-50(49)54(51,52)53;/h2*44-45,47-48H,2-43,46H2,1H3,(H,51,52,53);/q;;+2/p-2. The van der Waals surface area contributed by atoms with Gasteiger partial charge in [-0.25, -0.2) is 16.8 Å². The Hall–Kier alpha value is -0.480. The largest absolute Gasteiger partial charge is 2.00 e. The van der Waals surface area contributed by atoms with E-state index >= 15 is 0 Å². The molecule has 2 aromatic carbocycles. The van der Waals surface area contributed by atoms with Crippen LogP contribution in [-0.2, 0) is 33.1 Å². The Labute approximate surface area is 713 Å². The van der Waals surface area contributed by atoms with E-state index in [0.717, 1.165) is 25.7 Å². The fourth-order valence-corrected chi connectivity index (χ4v) is 18.3. The first-order valence-corrected chi connectivity index (χ1v) is 52.0. The number of hydrogen-bond acceptors (Lipinski definition) is 6. The monoisotopic (exact) mass is 1590 g/mol. The van der Waals surface area contributed by atoms with Crippen LogP contribution in [0.5, 0.6) is 0 Å². The van der Waals surface area contributed by atoms with Gasteiger partial charge in [-0.3, -0.25) is 0 Å². The summed E-state index contributed by atoms with van der Waals surface area (Å²) < 4.78 is 68.4. The van der Waals surface area contributed by atoms with Gasteiger partial charge in [0.2, 0.25) is 0 Å². The minimum atomic E-state index is -4.37. The molecule has 6 nitrogen and oxygen atoms in total. The van der Waals surface area contributed by atoms with Crippen molar-refractivity contribution in [3.8, 4) is 0 Å². The van der Waals surface area contributed by atoms with Crippen molar-refractivity contribution in [3.05, 3.63) is 59.7 Å². The molecule has 0 heterocycles. The third kappa shape index (κ3) is 81.1. The average Bonchev–Trinajstić information content (AvgIpc) is 0.847. The van der Waals surface area contributed by atoms with Crippen LogP contribution in [0.2, 0.25) is 0 Å². The van der Waals surface area contributed by atoms with E-state index in [0.29, 0.717) is 24.0 Å². The van der Waals surface area contributed by atoms with Crippen molar-refractivity contribution in [1.82, 2.24) is 0 Å². The third-order valence-electron chi connectivity index (χ3n) is 24.1. The van der Waals surface area contributed by atoms with Crippen LogP contribution in [0.4, 0.5) is 0 Å². The van der Waals surface area contributed by atoms with E-state index in [1.165, 1.54) is 526 Å². The molecule has 0 fully saturated rings. The van der Waals surface area contributed by atoms with E-state index in [1.807, 2.05) is 12.1 Å². The molecule has 0 unspecified atom stereocenters. The average molecular weight is 1590 g/mol. The van der Waals surface area contributed by atoms with Crippen molar-refractivity contribution in [2.24, 2.45) is 0 Å². The zero-order chi connectivity index (χ0) is 77.8. The van der Waals surface area contributed by atoms with Gasteiger partial charge in [0.15, 0.2) is 0 Å². The summed E-state index contributed by atoms with van der Waals surface area (Å²) in [5, 5.41) is 0. The van der Waals surface area contributed by atoms with Gasteiger partial charge in [0.25, 0.3) is 0 Å². The number of unbranched alkanes of at least 4 members (excludes halogenated alkanes) is 82.